The Kier molecular flexibility index (Phi) is 8.83. The van der Waals surface area contributed by atoms with Crippen molar-refractivity contribution >= 4 is 46.8 Å². The van der Waals surface area contributed by atoms with Crippen molar-refractivity contribution in [2.24, 2.45) is 5.92 Å². The summed E-state index contributed by atoms with van der Waals surface area (Å²) in [4.78, 5) is 71.2. The number of hydrogen-bond donors (Lipinski definition) is 1. The molecule has 1 aliphatic carbocycles. The number of imide groups is 2. The maximum Gasteiger partial charge on any atom is 0.262 e. The third kappa shape index (κ3) is 6.39. The molecule has 1 N–H and O–H groups in total. The lowest BCUT2D eigenvalue weighted by Gasteiger charge is -2.51. The van der Waals surface area contributed by atoms with Crippen molar-refractivity contribution in [1.29, 1.82) is 5.26 Å². The highest BCUT2D eigenvalue weighted by Crippen LogP contribution is 2.36. The van der Waals surface area contributed by atoms with E-state index in [1.807, 2.05) is 23.1 Å². The number of nitrogens with one attached hydrogen (secondary N) is 1. The Labute approximate surface area is 322 Å². The van der Waals surface area contributed by atoms with Crippen molar-refractivity contribution < 1.29 is 28.7 Å². The zero-order valence-electron chi connectivity index (χ0n) is 29.9. The van der Waals surface area contributed by atoms with E-state index in [9.17, 15) is 24.0 Å². The van der Waals surface area contributed by atoms with Crippen LogP contribution in [0.2, 0.25) is 5.02 Å². The number of hydrogen-bond acceptors (Lipinski definition) is 9. The molecule has 3 saturated heterocycles. The first-order valence-corrected chi connectivity index (χ1v) is 19.2. The minimum atomic E-state index is -0.978. The lowest BCUT2D eigenvalue weighted by Crippen LogP contribution is -2.65. The summed E-state index contributed by atoms with van der Waals surface area (Å²) in [7, 11) is 0. The Bertz CT molecular complexity index is 2270. The minimum Gasteiger partial charge on any atom is -0.490 e. The lowest BCUT2D eigenvalue weighted by molar-refractivity contribution is -0.136. The van der Waals surface area contributed by atoms with Gasteiger partial charge in [0, 0.05) is 80.0 Å². The molecule has 0 bridgehead atoms. The van der Waals surface area contributed by atoms with Gasteiger partial charge in [0.1, 0.15) is 17.9 Å². The number of rotatable bonds is 6. The van der Waals surface area contributed by atoms with Crippen molar-refractivity contribution in [2.75, 3.05) is 31.1 Å². The van der Waals surface area contributed by atoms with Gasteiger partial charge in [0.25, 0.3) is 17.7 Å². The van der Waals surface area contributed by atoms with Gasteiger partial charge >= 0.3 is 0 Å². The van der Waals surface area contributed by atoms with Gasteiger partial charge in [-0.2, -0.15) is 5.26 Å². The highest BCUT2D eigenvalue weighted by atomic mass is 35.5. The molecule has 5 heterocycles. The number of piperidine rings is 1. The van der Waals surface area contributed by atoms with Gasteiger partial charge in [0.2, 0.25) is 11.8 Å². The second kappa shape index (κ2) is 13.9. The molecule has 1 atom stereocenters. The number of ether oxygens (including phenoxy) is 1. The quantitative estimate of drug-likeness (QED) is 0.290. The first-order valence-electron chi connectivity index (χ1n) is 18.8. The first kappa shape index (κ1) is 35.0. The molecule has 0 aromatic heterocycles. The second-order valence-electron chi connectivity index (χ2n) is 15.3. The molecule has 12 nitrogen and oxygen atoms in total. The van der Waals surface area contributed by atoms with E-state index in [4.69, 9.17) is 21.6 Å². The predicted molar refractivity (Wildman–Crippen MR) is 200 cm³/mol. The van der Waals surface area contributed by atoms with E-state index in [2.05, 4.69) is 39.1 Å². The lowest BCUT2D eigenvalue weighted by atomic mass is 9.92. The molecular weight excluding hydrogens is 720 g/mol. The van der Waals surface area contributed by atoms with Crippen LogP contribution in [0.25, 0.3) is 0 Å². The summed E-state index contributed by atoms with van der Waals surface area (Å²) in [5, 5.41) is 11.7. The Morgan fingerprint density at radius 3 is 2.29 bits per heavy atom. The highest BCUT2D eigenvalue weighted by Gasteiger charge is 2.45. The van der Waals surface area contributed by atoms with Gasteiger partial charge in [-0.1, -0.05) is 23.4 Å². The van der Waals surface area contributed by atoms with E-state index >= 15 is 0 Å². The second-order valence-corrected chi connectivity index (χ2v) is 15.7. The first-order chi connectivity index (χ1) is 26.6. The van der Waals surface area contributed by atoms with Gasteiger partial charge in [-0.25, -0.2) is 0 Å². The average molecular weight is 757 g/mol. The normalized spacial score (nSPS) is 24.0. The number of carbonyl (C=O) groups is 5. The number of halogens is 1. The zero-order chi connectivity index (χ0) is 38.0. The molecule has 55 heavy (non-hydrogen) atoms. The largest absolute Gasteiger partial charge is 0.490 e. The SMILES string of the molecule is N#Cc1ccc(O[C@H]2CC[C@H](N3Cc4cc(C#CC5CN(C6CN(c7ccc8c(c7)C(=O)N(C7CCC(=O)NC7=O)C8=O)C6)C5)ccc4C3=O)CC2)cc1Cl. The monoisotopic (exact) mass is 756 g/mol. The van der Waals surface area contributed by atoms with Crippen LogP contribution in [0.5, 0.6) is 5.75 Å². The predicted octanol–water partition coefficient (Wildman–Crippen LogP) is 4.13. The van der Waals surface area contributed by atoms with Gasteiger partial charge < -0.3 is 14.5 Å². The molecule has 3 aromatic rings. The molecular formula is C42H37ClN6O6. The number of nitriles is 1. The van der Waals surface area contributed by atoms with Gasteiger partial charge in [-0.3, -0.25) is 39.1 Å². The number of likely N-dealkylation sites (tertiary alicyclic amines) is 1. The van der Waals surface area contributed by atoms with E-state index in [-0.39, 0.29) is 42.4 Å². The third-order valence-corrected chi connectivity index (χ3v) is 12.2. The van der Waals surface area contributed by atoms with Gasteiger partial charge in [-0.15, -0.1) is 0 Å². The van der Waals surface area contributed by atoms with Crippen molar-refractivity contribution in [3.63, 3.8) is 0 Å². The summed E-state index contributed by atoms with van der Waals surface area (Å²) < 4.78 is 6.15. The maximum atomic E-state index is 13.4. The molecule has 5 aliphatic heterocycles. The molecule has 0 spiro atoms. The van der Waals surface area contributed by atoms with Crippen LogP contribution in [-0.2, 0) is 16.1 Å². The summed E-state index contributed by atoms with van der Waals surface area (Å²) in [6.07, 6.45) is 3.64. The Morgan fingerprint density at radius 2 is 1.55 bits per heavy atom. The van der Waals surface area contributed by atoms with E-state index in [1.165, 1.54) is 0 Å². The van der Waals surface area contributed by atoms with Crippen LogP contribution in [0.1, 0.15) is 86.3 Å². The molecule has 5 amide bonds. The van der Waals surface area contributed by atoms with Crippen LogP contribution in [-0.4, -0.2) is 94.6 Å². The Hall–Kier alpha value is -5.69. The zero-order valence-corrected chi connectivity index (χ0v) is 30.7. The summed E-state index contributed by atoms with van der Waals surface area (Å²) in [5.74, 6) is 5.78. The number of anilines is 1. The van der Waals surface area contributed by atoms with Crippen molar-refractivity contribution in [3.05, 3.63) is 93.0 Å². The Morgan fingerprint density at radius 1 is 0.782 bits per heavy atom. The van der Waals surface area contributed by atoms with Gasteiger partial charge in [-0.05, 0) is 86.2 Å². The van der Waals surface area contributed by atoms with Crippen LogP contribution < -0.4 is 15.0 Å². The molecule has 9 rings (SSSR count). The summed E-state index contributed by atoms with van der Waals surface area (Å²) in [6, 6.07) is 17.9. The van der Waals surface area contributed by atoms with Crippen molar-refractivity contribution in [3.8, 4) is 23.7 Å². The fourth-order valence-corrected chi connectivity index (χ4v) is 8.90. The molecule has 4 fully saturated rings. The van der Waals surface area contributed by atoms with Crippen LogP contribution in [0.3, 0.4) is 0 Å². The number of nitrogens with zero attached hydrogens (tertiary/aromatic N) is 5. The van der Waals surface area contributed by atoms with Gasteiger partial charge in [0.15, 0.2) is 0 Å². The van der Waals surface area contributed by atoms with Crippen LogP contribution >= 0.6 is 11.6 Å². The van der Waals surface area contributed by atoms with Crippen LogP contribution in [0.4, 0.5) is 5.69 Å². The number of fused-ring (bicyclic) bond motifs is 2. The number of benzene rings is 3. The molecule has 13 heteroatoms. The maximum absolute atomic E-state index is 13.4. The van der Waals surface area contributed by atoms with E-state index in [0.717, 1.165) is 79.1 Å². The van der Waals surface area contributed by atoms with E-state index < -0.39 is 29.7 Å². The minimum absolute atomic E-state index is 0.0409. The Balaban J connectivity index is 0.742. The number of carbonyl (C=O) groups excluding carboxylic acids is 5. The molecule has 1 saturated carbocycles. The molecule has 6 aliphatic rings. The third-order valence-electron chi connectivity index (χ3n) is 11.9. The fraction of sp³-hybridized carbons (Fsp3) is 0.381. The fourth-order valence-electron chi connectivity index (χ4n) is 8.68. The summed E-state index contributed by atoms with van der Waals surface area (Å²) in [5.41, 5.74) is 4.55. The molecule has 3 aromatic carbocycles. The van der Waals surface area contributed by atoms with Crippen LogP contribution in [0, 0.1) is 29.1 Å². The molecule has 0 radical (unpaired) electrons. The number of amides is 5. The van der Waals surface area contributed by atoms with E-state index in [0.29, 0.717) is 34.5 Å². The average Bonchev–Trinajstić information content (AvgIpc) is 3.60. The molecule has 278 valence electrons. The topological polar surface area (TPSA) is 143 Å². The standard InChI is InChI=1S/C42H37ClN6O6/c43-36-17-32(8-4-26(36)18-44)55-31-9-5-28(6-10-31)48-21-27-15-24(3-11-33(27)40(48)52)1-2-25-19-46(20-25)30-22-47(23-30)29-7-12-34-35(16-29)42(54)49(41(34)53)37-13-14-38(50)45-39(37)51/h3-4,7-8,11-12,15-17,25,28,30-31,37H,5-6,9-10,13-14,19-23H2,(H,45,50,51)/t28-,31-,37?. The van der Waals surface area contributed by atoms with Gasteiger partial charge in [0.05, 0.1) is 27.8 Å². The highest BCUT2D eigenvalue weighted by molar-refractivity contribution is 6.31. The summed E-state index contributed by atoms with van der Waals surface area (Å²) in [6.45, 7) is 3.95. The van der Waals surface area contributed by atoms with E-state index in [1.54, 1.807) is 30.3 Å². The summed E-state index contributed by atoms with van der Waals surface area (Å²) >= 11 is 6.18. The van der Waals surface area contributed by atoms with Crippen molar-refractivity contribution in [1.82, 2.24) is 20.0 Å². The van der Waals surface area contributed by atoms with Crippen LogP contribution in [0.15, 0.2) is 54.6 Å². The van der Waals surface area contributed by atoms with Crippen molar-refractivity contribution in [2.45, 2.75) is 69.3 Å². The smallest absolute Gasteiger partial charge is 0.262 e. The molecule has 1 unspecified atom stereocenters.